The van der Waals surface area contributed by atoms with E-state index in [0.717, 1.165) is 0 Å². The van der Waals surface area contributed by atoms with Crippen LogP contribution >= 0.6 is 0 Å². The molecule has 0 saturated carbocycles. The van der Waals surface area contributed by atoms with Gasteiger partial charge in [0.2, 0.25) is 0 Å². The van der Waals surface area contributed by atoms with Crippen LogP contribution in [0.15, 0.2) is 71.5 Å². The number of rotatable bonds is 9. The average Bonchev–Trinajstić information content (AvgIpc) is 3.25. The molecule has 2 heterocycles. The summed E-state index contributed by atoms with van der Waals surface area (Å²) in [6, 6.07) is 18.4. The number of amides is 1. The Labute approximate surface area is 233 Å². The summed E-state index contributed by atoms with van der Waals surface area (Å²) in [5.74, 6) is -3.64. The maximum absolute atomic E-state index is 14.0. The Hall–Kier alpha value is -4.67. The van der Waals surface area contributed by atoms with Gasteiger partial charge in [0.1, 0.15) is 6.61 Å². The van der Waals surface area contributed by atoms with Gasteiger partial charge in [0.25, 0.3) is 5.56 Å². The Bertz CT molecular complexity index is 1660. The summed E-state index contributed by atoms with van der Waals surface area (Å²) in [6.45, 7) is 2.00. The molecule has 11 heteroatoms. The van der Waals surface area contributed by atoms with E-state index in [1.54, 1.807) is 73.7 Å². The quantitative estimate of drug-likeness (QED) is 0.208. The summed E-state index contributed by atoms with van der Waals surface area (Å²) in [4.78, 5) is 53.3. The number of ketones is 1. The lowest BCUT2D eigenvalue weighted by atomic mass is 10.1. The molecule has 0 saturated heterocycles. The lowest BCUT2D eigenvalue weighted by molar-refractivity contribution is -0.170. The van der Waals surface area contributed by atoms with Crippen LogP contribution in [0.5, 0.6) is 0 Å². The lowest BCUT2D eigenvalue weighted by Gasteiger charge is -2.23. The van der Waals surface area contributed by atoms with Crippen LogP contribution in [0.3, 0.4) is 0 Å². The van der Waals surface area contributed by atoms with E-state index in [-0.39, 0.29) is 35.5 Å². The molecule has 2 aromatic carbocycles. The number of pyridine rings is 1. The van der Waals surface area contributed by atoms with Gasteiger partial charge in [-0.2, -0.15) is 13.2 Å². The maximum atomic E-state index is 14.0. The number of ether oxygens (including phenoxy) is 1. The van der Waals surface area contributed by atoms with E-state index in [1.807, 2.05) is 0 Å². The van der Waals surface area contributed by atoms with Crippen LogP contribution in [-0.4, -0.2) is 39.5 Å². The smallest absolute Gasteiger partial charge is 0.456 e. The van der Waals surface area contributed by atoms with Crippen LogP contribution in [0.25, 0.3) is 10.9 Å². The summed E-state index contributed by atoms with van der Waals surface area (Å²) in [5.41, 5.74) is -0.165. The number of esters is 1. The molecule has 4 aromatic rings. The van der Waals surface area contributed by atoms with Crippen molar-refractivity contribution in [3.05, 3.63) is 99.6 Å². The second kappa shape index (κ2) is 11.8. The van der Waals surface area contributed by atoms with E-state index in [0.29, 0.717) is 28.1 Å². The monoisotopic (exact) mass is 567 g/mol. The Balaban J connectivity index is 1.94. The molecule has 0 N–H and O–H groups in total. The van der Waals surface area contributed by atoms with Gasteiger partial charge in [-0.05, 0) is 25.0 Å². The first-order valence-corrected chi connectivity index (χ1v) is 12.9. The second-order valence-electron chi connectivity index (χ2n) is 9.30. The van der Waals surface area contributed by atoms with Gasteiger partial charge in [0.15, 0.2) is 11.5 Å². The zero-order valence-electron chi connectivity index (χ0n) is 22.7. The molecule has 8 nitrogen and oxygen atoms in total. The molecule has 1 amide bonds. The Morgan fingerprint density at radius 3 is 2.12 bits per heavy atom. The molecule has 0 atom stereocenters. The summed E-state index contributed by atoms with van der Waals surface area (Å²) in [7, 11) is 1.41. The molecule has 214 valence electrons. The van der Waals surface area contributed by atoms with Crippen molar-refractivity contribution in [3.8, 4) is 0 Å². The van der Waals surface area contributed by atoms with E-state index in [4.69, 9.17) is 4.74 Å². The fourth-order valence-corrected chi connectivity index (χ4v) is 4.74. The van der Waals surface area contributed by atoms with E-state index in [1.165, 1.54) is 23.1 Å². The van der Waals surface area contributed by atoms with Gasteiger partial charge in [-0.25, -0.2) is 4.79 Å². The zero-order valence-corrected chi connectivity index (χ0v) is 22.7. The molecule has 0 aliphatic rings. The molecular weight excluding hydrogens is 539 g/mol. The predicted octanol–water partition coefficient (Wildman–Crippen LogP) is 5.06. The predicted molar refractivity (Wildman–Crippen MR) is 147 cm³/mol. The van der Waals surface area contributed by atoms with Crippen molar-refractivity contribution in [3.63, 3.8) is 0 Å². The number of carbonyl (C=O) groups is 3. The summed E-state index contributed by atoms with van der Waals surface area (Å²) >= 11 is 0. The largest absolute Gasteiger partial charge is 0.471 e. The molecule has 0 unspecified atom stereocenters. The first-order chi connectivity index (χ1) is 19.5. The van der Waals surface area contributed by atoms with Crippen LogP contribution in [-0.2, 0) is 36.2 Å². The standard InChI is InChI=1S/C30H28F3N3O5/c1-4-21-16-22-24(27(38)36(21)17-23(37)20-14-10-7-11-15-20)25(35(5-2)29(40)30(31,32)33)26(34(22)3)28(39)41-18-19-12-8-6-9-13-19/h6-16H,4-5,17-18H2,1-3H3. The van der Waals surface area contributed by atoms with Gasteiger partial charge < -0.3 is 18.8 Å². The summed E-state index contributed by atoms with van der Waals surface area (Å²) in [5, 5.41) is -0.295. The minimum absolute atomic E-state index is 0.130. The van der Waals surface area contributed by atoms with Gasteiger partial charge in [0, 0.05) is 24.8 Å². The van der Waals surface area contributed by atoms with Crippen LogP contribution in [0.4, 0.5) is 18.9 Å². The van der Waals surface area contributed by atoms with Crippen molar-refractivity contribution in [1.29, 1.82) is 0 Å². The molecule has 0 radical (unpaired) electrons. The molecule has 0 aliphatic carbocycles. The highest BCUT2D eigenvalue weighted by atomic mass is 19.4. The van der Waals surface area contributed by atoms with E-state index in [9.17, 15) is 32.3 Å². The zero-order chi connectivity index (χ0) is 29.9. The number of alkyl halides is 3. The number of hydrogen-bond donors (Lipinski definition) is 0. The highest BCUT2D eigenvalue weighted by molar-refractivity contribution is 6.13. The number of Topliss-reactive ketones (excluding diaryl/α,β-unsaturated/α-hetero) is 1. The highest BCUT2D eigenvalue weighted by Gasteiger charge is 2.45. The maximum Gasteiger partial charge on any atom is 0.471 e. The molecular formula is C30H28F3N3O5. The molecule has 4 rings (SSSR count). The van der Waals surface area contributed by atoms with E-state index >= 15 is 0 Å². The summed E-state index contributed by atoms with van der Waals surface area (Å²) in [6.07, 6.45) is -4.98. The van der Waals surface area contributed by atoms with Crippen LogP contribution in [0, 0.1) is 0 Å². The van der Waals surface area contributed by atoms with Crippen molar-refractivity contribution in [2.45, 2.75) is 39.6 Å². The first-order valence-electron chi connectivity index (χ1n) is 12.9. The fourth-order valence-electron chi connectivity index (χ4n) is 4.74. The van der Waals surface area contributed by atoms with Gasteiger partial charge >= 0.3 is 18.1 Å². The Morgan fingerprint density at radius 2 is 1.56 bits per heavy atom. The second-order valence-corrected chi connectivity index (χ2v) is 9.30. The van der Waals surface area contributed by atoms with Gasteiger partial charge in [-0.3, -0.25) is 14.4 Å². The molecule has 0 aliphatic heterocycles. The SMILES string of the molecule is CCc1cc2c(c(N(CC)C(=O)C(F)(F)F)c(C(=O)OCc3ccccc3)n2C)c(=O)n1CC(=O)c1ccccc1. The van der Waals surface area contributed by atoms with Gasteiger partial charge in [-0.1, -0.05) is 67.6 Å². The van der Waals surface area contributed by atoms with Crippen LogP contribution < -0.4 is 10.5 Å². The molecule has 41 heavy (non-hydrogen) atoms. The molecule has 0 spiro atoms. The number of halogens is 3. The number of aromatic nitrogens is 2. The minimum Gasteiger partial charge on any atom is -0.456 e. The van der Waals surface area contributed by atoms with Crippen molar-refractivity contribution >= 4 is 34.3 Å². The van der Waals surface area contributed by atoms with E-state index < -0.39 is 35.8 Å². The number of nitrogens with zero attached hydrogens (tertiary/aromatic N) is 3. The van der Waals surface area contributed by atoms with Gasteiger partial charge in [-0.15, -0.1) is 0 Å². The lowest BCUT2D eigenvalue weighted by Crippen LogP contribution is -2.42. The molecule has 0 fully saturated rings. The van der Waals surface area contributed by atoms with E-state index in [2.05, 4.69) is 0 Å². The molecule has 0 bridgehead atoms. The number of carbonyl (C=O) groups excluding carboxylic acids is 3. The number of fused-ring (bicyclic) bond motifs is 1. The number of hydrogen-bond acceptors (Lipinski definition) is 5. The number of aryl methyl sites for hydroxylation is 2. The van der Waals surface area contributed by atoms with Crippen LogP contribution in [0.1, 0.15) is 46.0 Å². The van der Waals surface area contributed by atoms with Crippen molar-refractivity contribution in [2.75, 3.05) is 11.4 Å². The average molecular weight is 568 g/mol. The number of anilines is 1. The van der Waals surface area contributed by atoms with Crippen molar-refractivity contribution < 1.29 is 32.3 Å². The topological polar surface area (TPSA) is 90.6 Å². The highest BCUT2D eigenvalue weighted by Crippen LogP contribution is 2.35. The Kier molecular flexibility index (Phi) is 8.46. The third-order valence-electron chi connectivity index (χ3n) is 6.76. The number of benzene rings is 2. The van der Waals surface area contributed by atoms with Crippen molar-refractivity contribution in [2.24, 2.45) is 7.05 Å². The first kappa shape index (κ1) is 29.3. The third kappa shape index (κ3) is 5.79. The normalized spacial score (nSPS) is 11.5. The fraction of sp³-hybridized carbons (Fsp3) is 0.267. The third-order valence-corrected chi connectivity index (χ3v) is 6.76. The molecule has 2 aromatic heterocycles. The Morgan fingerprint density at radius 1 is 0.951 bits per heavy atom. The van der Waals surface area contributed by atoms with Gasteiger partial charge in [0.05, 0.1) is 23.1 Å². The summed E-state index contributed by atoms with van der Waals surface area (Å²) < 4.78 is 49.0. The minimum atomic E-state index is -5.28. The van der Waals surface area contributed by atoms with Crippen LogP contribution in [0.2, 0.25) is 0 Å². The van der Waals surface area contributed by atoms with Crippen molar-refractivity contribution in [1.82, 2.24) is 9.13 Å².